The molecule has 0 amide bonds. The molecule has 2 rings (SSSR count). The van der Waals surface area contributed by atoms with Crippen molar-refractivity contribution in [2.24, 2.45) is 5.10 Å². The third kappa shape index (κ3) is 4.66. The topological polar surface area (TPSA) is 57.4 Å². The van der Waals surface area contributed by atoms with E-state index in [1.165, 1.54) is 11.1 Å². The summed E-state index contributed by atoms with van der Waals surface area (Å²) in [4.78, 5) is 0. The van der Waals surface area contributed by atoms with Crippen LogP contribution in [0.5, 0.6) is 5.75 Å². The highest BCUT2D eigenvalue weighted by Crippen LogP contribution is 2.14. The highest BCUT2D eigenvalue weighted by molar-refractivity contribution is 5.80. The molecule has 0 bridgehead atoms. The molecule has 2 aromatic rings. The van der Waals surface area contributed by atoms with E-state index in [0.29, 0.717) is 5.75 Å². The van der Waals surface area contributed by atoms with Crippen molar-refractivity contribution in [1.82, 2.24) is 0 Å². The van der Waals surface area contributed by atoms with E-state index in [2.05, 4.69) is 30.4 Å². The van der Waals surface area contributed by atoms with Crippen LogP contribution in [0.15, 0.2) is 47.6 Å². The van der Waals surface area contributed by atoms with E-state index in [1.807, 2.05) is 42.5 Å². The van der Waals surface area contributed by atoms with Gasteiger partial charge in [0.25, 0.3) is 0 Å². The van der Waals surface area contributed by atoms with Crippen molar-refractivity contribution in [3.05, 3.63) is 59.2 Å². The van der Waals surface area contributed by atoms with Crippen LogP contribution in [0.2, 0.25) is 0 Å². The average Bonchev–Trinajstić information content (AvgIpc) is 2.45. The van der Waals surface area contributed by atoms with Crippen LogP contribution in [-0.2, 0) is 0 Å². The van der Waals surface area contributed by atoms with E-state index in [0.717, 1.165) is 11.3 Å². The minimum atomic E-state index is 0.0572. The molecule has 106 valence electrons. The number of hydrogen-bond acceptors (Lipinski definition) is 4. The third-order valence-electron chi connectivity index (χ3n) is 2.81. The fourth-order valence-corrected chi connectivity index (χ4v) is 1.99. The van der Waals surface area contributed by atoms with Crippen molar-refractivity contribution in [1.29, 1.82) is 5.26 Å². The number of benzene rings is 2. The first-order valence-corrected chi connectivity index (χ1v) is 6.64. The summed E-state index contributed by atoms with van der Waals surface area (Å²) >= 11 is 0. The normalized spacial score (nSPS) is 10.3. The summed E-state index contributed by atoms with van der Waals surface area (Å²) in [6.07, 6.45) is 1.74. The average molecular weight is 279 g/mol. The molecule has 0 fully saturated rings. The molecule has 0 atom stereocenters. The smallest absolute Gasteiger partial charge is 0.174 e. The van der Waals surface area contributed by atoms with Gasteiger partial charge in [0.15, 0.2) is 6.61 Å². The number of rotatable bonds is 5. The number of nitrogens with one attached hydrogen (secondary N) is 1. The van der Waals surface area contributed by atoms with Crippen molar-refractivity contribution in [3.8, 4) is 11.8 Å². The Morgan fingerprint density at radius 3 is 2.43 bits per heavy atom. The molecular weight excluding hydrogens is 262 g/mol. The molecule has 1 N–H and O–H groups in total. The second-order valence-corrected chi connectivity index (χ2v) is 4.76. The first-order chi connectivity index (χ1) is 10.2. The summed E-state index contributed by atoms with van der Waals surface area (Å²) in [5.41, 5.74) is 7.35. The highest BCUT2D eigenvalue weighted by Gasteiger charge is 1.95. The predicted octanol–water partition coefficient (Wildman–Crippen LogP) is 3.65. The molecule has 0 radical (unpaired) electrons. The zero-order valence-electron chi connectivity index (χ0n) is 12.1. The number of hydrogen-bond donors (Lipinski definition) is 1. The molecule has 0 aliphatic carbocycles. The summed E-state index contributed by atoms with van der Waals surface area (Å²) in [5.74, 6) is 0.677. The van der Waals surface area contributed by atoms with Crippen LogP contribution in [0.3, 0.4) is 0 Å². The molecule has 0 aliphatic heterocycles. The van der Waals surface area contributed by atoms with Crippen LogP contribution >= 0.6 is 0 Å². The van der Waals surface area contributed by atoms with Crippen LogP contribution in [0, 0.1) is 25.2 Å². The van der Waals surface area contributed by atoms with E-state index in [1.54, 1.807) is 6.21 Å². The minimum absolute atomic E-state index is 0.0572. The molecule has 4 nitrogen and oxygen atoms in total. The number of anilines is 1. The van der Waals surface area contributed by atoms with Crippen LogP contribution in [0.1, 0.15) is 16.7 Å². The quantitative estimate of drug-likeness (QED) is 0.671. The zero-order valence-corrected chi connectivity index (χ0v) is 12.1. The summed E-state index contributed by atoms with van der Waals surface area (Å²) in [7, 11) is 0. The Morgan fingerprint density at radius 1 is 1.14 bits per heavy atom. The SMILES string of the molecule is Cc1cc(C)cc(N/N=C\c2ccc(OCC#N)cc2)c1. The summed E-state index contributed by atoms with van der Waals surface area (Å²) in [6.45, 7) is 4.17. The Bertz CT molecular complexity index is 649. The Labute approximate surface area is 124 Å². The first-order valence-electron chi connectivity index (χ1n) is 6.64. The molecule has 0 saturated carbocycles. The monoisotopic (exact) mass is 279 g/mol. The lowest BCUT2D eigenvalue weighted by molar-refractivity contribution is 0.368. The lowest BCUT2D eigenvalue weighted by Crippen LogP contribution is -1.94. The lowest BCUT2D eigenvalue weighted by Gasteiger charge is -2.04. The maximum absolute atomic E-state index is 8.44. The van der Waals surface area contributed by atoms with Crippen LogP contribution in [0.4, 0.5) is 5.69 Å². The molecule has 0 saturated heterocycles. The molecule has 0 aliphatic rings. The largest absolute Gasteiger partial charge is 0.479 e. The number of hydrazone groups is 1. The van der Waals surface area contributed by atoms with Crippen LogP contribution < -0.4 is 10.2 Å². The Balaban J connectivity index is 1.96. The lowest BCUT2D eigenvalue weighted by atomic mass is 10.1. The molecule has 21 heavy (non-hydrogen) atoms. The zero-order chi connectivity index (χ0) is 15.1. The predicted molar refractivity (Wildman–Crippen MR) is 84.7 cm³/mol. The van der Waals surface area contributed by atoms with Crippen molar-refractivity contribution in [3.63, 3.8) is 0 Å². The minimum Gasteiger partial charge on any atom is -0.479 e. The van der Waals surface area contributed by atoms with Gasteiger partial charge in [0.2, 0.25) is 0 Å². The van der Waals surface area contributed by atoms with Gasteiger partial charge in [-0.2, -0.15) is 10.4 Å². The summed E-state index contributed by atoms with van der Waals surface area (Å²) in [6, 6.07) is 15.5. The standard InChI is InChI=1S/C17H17N3O/c1-13-9-14(2)11-16(10-13)20-19-12-15-3-5-17(6-4-15)21-8-7-18/h3-6,9-12,20H,8H2,1-2H3/b19-12-. The fourth-order valence-electron chi connectivity index (χ4n) is 1.99. The van der Waals surface area contributed by atoms with Gasteiger partial charge in [-0.05, 0) is 66.9 Å². The number of aryl methyl sites for hydroxylation is 2. The maximum Gasteiger partial charge on any atom is 0.174 e. The van der Waals surface area contributed by atoms with Crippen molar-refractivity contribution >= 4 is 11.9 Å². The van der Waals surface area contributed by atoms with Gasteiger partial charge < -0.3 is 4.74 Å². The van der Waals surface area contributed by atoms with Crippen molar-refractivity contribution in [2.75, 3.05) is 12.0 Å². The van der Waals surface area contributed by atoms with Gasteiger partial charge in [-0.25, -0.2) is 0 Å². The van der Waals surface area contributed by atoms with Gasteiger partial charge in [-0.15, -0.1) is 0 Å². The molecule has 4 heteroatoms. The molecular formula is C17H17N3O. The molecule has 0 heterocycles. The van der Waals surface area contributed by atoms with Gasteiger partial charge >= 0.3 is 0 Å². The van der Waals surface area contributed by atoms with E-state index < -0.39 is 0 Å². The Morgan fingerprint density at radius 2 is 1.81 bits per heavy atom. The van der Waals surface area contributed by atoms with E-state index in [-0.39, 0.29) is 6.61 Å². The number of ether oxygens (including phenoxy) is 1. The molecule has 0 aromatic heterocycles. The van der Waals surface area contributed by atoms with E-state index in [4.69, 9.17) is 10.00 Å². The van der Waals surface area contributed by atoms with Gasteiger partial charge in [-0.1, -0.05) is 6.07 Å². The van der Waals surface area contributed by atoms with Gasteiger partial charge in [0.1, 0.15) is 11.8 Å². The summed E-state index contributed by atoms with van der Waals surface area (Å²) in [5, 5.41) is 12.7. The fraction of sp³-hybridized carbons (Fsp3) is 0.176. The van der Waals surface area contributed by atoms with Crippen LogP contribution in [-0.4, -0.2) is 12.8 Å². The Hall–Kier alpha value is -2.80. The molecule has 0 spiro atoms. The van der Waals surface area contributed by atoms with Gasteiger partial charge in [0, 0.05) is 0 Å². The van der Waals surface area contributed by atoms with Crippen LogP contribution in [0.25, 0.3) is 0 Å². The third-order valence-corrected chi connectivity index (χ3v) is 2.81. The van der Waals surface area contributed by atoms with Crippen molar-refractivity contribution < 1.29 is 4.74 Å². The first kappa shape index (κ1) is 14.6. The Kier molecular flexibility index (Phi) is 4.94. The van der Waals surface area contributed by atoms with Crippen molar-refractivity contribution in [2.45, 2.75) is 13.8 Å². The summed E-state index contributed by atoms with van der Waals surface area (Å²) < 4.78 is 5.19. The number of nitrogens with zero attached hydrogens (tertiary/aromatic N) is 2. The second kappa shape index (κ2) is 7.11. The second-order valence-electron chi connectivity index (χ2n) is 4.76. The highest BCUT2D eigenvalue weighted by atomic mass is 16.5. The molecule has 0 unspecified atom stereocenters. The van der Waals surface area contributed by atoms with Gasteiger partial charge in [-0.3, -0.25) is 5.43 Å². The number of nitriles is 1. The van der Waals surface area contributed by atoms with E-state index in [9.17, 15) is 0 Å². The van der Waals surface area contributed by atoms with E-state index >= 15 is 0 Å². The maximum atomic E-state index is 8.44. The van der Waals surface area contributed by atoms with Gasteiger partial charge in [0.05, 0.1) is 11.9 Å². The molecule has 2 aromatic carbocycles.